The van der Waals surface area contributed by atoms with Crippen LogP contribution in [0.4, 0.5) is 0 Å². The van der Waals surface area contributed by atoms with Crippen LogP contribution in [0.25, 0.3) is 0 Å². The summed E-state index contributed by atoms with van der Waals surface area (Å²) < 4.78 is 27.6. The molecule has 0 saturated heterocycles. The van der Waals surface area contributed by atoms with E-state index >= 15 is 0 Å². The summed E-state index contributed by atoms with van der Waals surface area (Å²) in [7, 11) is -1.98. The van der Waals surface area contributed by atoms with Gasteiger partial charge in [-0.3, -0.25) is 0 Å². The standard InChI is InChI=1S/C10H18N2O3S2/c1-9(10-5-3-8-16-10)11-17(14,15)12(2)6-4-7-13/h3,5,8-9,11,13H,4,6-7H2,1-2H3. The lowest BCUT2D eigenvalue weighted by atomic mass is 10.3. The van der Waals surface area contributed by atoms with Crippen molar-refractivity contribution in [1.29, 1.82) is 0 Å². The summed E-state index contributed by atoms with van der Waals surface area (Å²) in [6.07, 6.45) is 0.435. The maximum atomic E-state index is 11.9. The Bertz CT molecular complexity index is 417. The van der Waals surface area contributed by atoms with Crippen LogP contribution in [0.5, 0.6) is 0 Å². The topological polar surface area (TPSA) is 69.6 Å². The highest BCUT2D eigenvalue weighted by molar-refractivity contribution is 7.87. The zero-order valence-electron chi connectivity index (χ0n) is 9.96. The van der Waals surface area contributed by atoms with E-state index in [1.165, 1.54) is 22.7 Å². The fourth-order valence-electron chi connectivity index (χ4n) is 1.32. The fourth-order valence-corrected chi connectivity index (χ4v) is 3.25. The maximum Gasteiger partial charge on any atom is 0.279 e. The van der Waals surface area contributed by atoms with Gasteiger partial charge in [0.15, 0.2) is 0 Å². The van der Waals surface area contributed by atoms with E-state index in [2.05, 4.69) is 4.72 Å². The first-order valence-corrected chi connectivity index (χ1v) is 7.67. The molecule has 0 radical (unpaired) electrons. The van der Waals surface area contributed by atoms with Gasteiger partial charge in [0.05, 0.1) is 6.04 Å². The number of rotatable bonds is 7. The molecule has 0 bridgehead atoms. The zero-order valence-corrected chi connectivity index (χ0v) is 11.6. The van der Waals surface area contributed by atoms with Gasteiger partial charge in [0.1, 0.15) is 0 Å². The Kier molecular flexibility index (Phi) is 5.54. The third-order valence-electron chi connectivity index (χ3n) is 2.34. The highest BCUT2D eigenvalue weighted by Crippen LogP contribution is 2.19. The molecule has 7 heteroatoms. The van der Waals surface area contributed by atoms with E-state index in [1.807, 2.05) is 24.4 Å². The number of nitrogens with zero attached hydrogens (tertiary/aromatic N) is 1. The summed E-state index contributed by atoms with van der Waals surface area (Å²) in [6.45, 7) is 2.10. The monoisotopic (exact) mass is 278 g/mol. The van der Waals surface area contributed by atoms with Crippen molar-refractivity contribution in [3.8, 4) is 0 Å². The molecule has 0 amide bonds. The van der Waals surface area contributed by atoms with Crippen molar-refractivity contribution in [3.63, 3.8) is 0 Å². The van der Waals surface area contributed by atoms with Crippen molar-refractivity contribution in [2.75, 3.05) is 20.2 Å². The molecule has 1 unspecified atom stereocenters. The Morgan fingerprint density at radius 1 is 1.59 bits per heavy atom. The number of aliphatic hydroxyl groups is 1. The van der Waals surface area contributed by atoms with Crippen molar-refractivity contribution in [1.82, 2.24) is 9.03 Å². The third kappa shape index (κ3) is 4.36. The van der Waals surface area contributed by atoms with Crippen LogP contribution >= 0.6 is 11.3 Å². The van der Waals surface area contributed by atoms with Crippen LogP contribution in [0.1, 0.15) is 24.3 Å². The Labute approximate surface area is 106 Å². The highest BCUT2D eigenvalue weighted by Gasteiger charge is 2.20. The lowest BCUT2D eigenvalue weighted by Crippen LogP contribution is -2.39. The molecule has 0 aliphatic carbocycles. The van der Waals surface area contributed by atoms with Gasteiger partial charge in [-0.2, -0.15) is 17.4 Å². The maximum absolute atomic E-state index is 11.9. The minimum atomic E-state index is -3.48. The predicted octanol–water partition coefficient (Wildman–Crippen LogP) is 0.958. The van der Waals surface area contributed by atoms with Gasteiger partial charge in [0.25, 0.3) is 10.2 Å². The van der Waals surface area contributed by atoms with Crippen LogP contribution in [0, 0.1) is 0 Å². The van der Waals surface area contributed by atoms with E-state index in [9.17, 15) is 8.42 Å². The molecule has 0 fully saturated rings. The molecular formula is C10H18N2O3S2. The van der Waals surface area contributed by atoms with E-state index in [1.54, 1.807) is 0 Å². The molecule has 17 heavy (non-hydrogen) atoms. The minimum Gasteiger partial charge on any atom is -0.396 e. The molecule has 0 saturated carbocycles. The van der Waals surface area contributed by atoms with E-state index < -0.39 is 10.2 Å². The average molecular weight is 278 g/mol. The molecule has 1 aromatic heterocycles. The van der Waals surface area contributed by atoms with Crippen LogP contribution < -0.4 is 4.72 Å². The quantitative estimate of drug-likeness (QED) is 0.780. The van der Waals surface area contributed by atoms with E-state index in [-0.39, 0.29) is 12.6 Å². The first kappa shape index (κ1) is 14.6. The molecule has 0 aliphatic rings. The van der Waals surface area contributed by atoms with Gasteiger partial charge in [-0.1, -0.05) is 6.07 Å². The molecule has 0 spiro atoms. The molecule has 0 aromatic carbocycles. The molecule has 1 atom stereocenters. The highest BCUT2D eigenvalue weighted by atomic mass is 32.2. The van der Waals surface area contributed by atoms with Gasteiger partial charge in [0, 0.05) is 25.1 Å². The SMILES string of the molecule is CC(NS(=O)(=O)N(C)CCCO)c1cccs1. The third-order valence-corrected chi connectivity index (χ3v) is 5.05. The summed E-state index contributed by atoms with van der Waals surface area (Å²) in [5.41, 5.74) is 0. The smallest absolute Gasteiger partial charge is 0.279 e. The Morgan fingerprint density at radius 3 is 2.82 bits per heavy atom. The van der Waals surface area contributed by atoms with Gasteiger partial charge in [-0.25, -0.2) is 0 Å². The van der Waals surface area contributed by atoms with Gasteiger partial charge < -0.3 is 5.11 Å². The van der Waals surface area contributed by atoms with Gasteiger partial charge in [0.2, 0.25) is 0 Å². The van der Waals surface area contributed by atoms with Crippen LogP contribution in [0.3, 0.4) is 0 Å². The van der Waals surface area contributed by atoms with Crippen LogP contribution in [0.2, 0.25) is 0 Å². The molecule has 1 rings (SSSR count). The van der Waals surface area contributed by atoms with Crippen molar-refractivity contribution in [3.05, 3.63) is 22.4 Å². The average Bonchev–Trinajstić information content (AvgIpc) is 2.78. The first-order valence-electron chi connectivity index (χ1n) is 5.35. The summed E-state index contributed by atoms with van der Waals surface area (Å²) in [5.74, 6) is 0. The summed E-state index contributed by atoms with van der Waals surface area (Å²) >= 11 is 1.52. The molecule has 1 heterocycles. The number of hydrogen-bond donors (Lipinski definition) is 2. The Balaban J connectivity index is 2.60. The van der Waals surface area contributed by atoms with Crippen molar-refractivity contribution >= 4 is 21.5 Å². The first-order chi connectivity index (χ1) is 7.97. The van der Waals surface area contributed by atoms with Gasteiger partial charge >= 0.3 is 0 Å². The summed E-state index contributed by atoms with van der Waals surface area (Å²) in [5, 5.41) is 10.6. The van der Waals surface area contributed by atoms with E-state index in [0.29, 0.717) is 13.0 Å². The van der Waals surface area contributed by atoms with Crippen LogP contribution in [0.15, 0.2) is 17.5 Å². The Morgan fingerprint density at radius 2 is 2.29 bits per heavy atom. The number of thiophene rings is 1. The van der Waals surface area contributed by atoms with Crippen molar-refractivity contribution in [2.24, 2.45) is 0 Å². The second-order valence-electron chi connectivity index (χ2n) is 3.76. The van der Waals surface area contributed by atoms with E-state index in [4.69, 9.17) is 5.11 Å². The molecule has 5 nitrogen and oxygen atoms in total. The number of aliphatic hydroxyl groups excluding tert-OH is 1. The molecule has 98 valence electrons. The molecule has 2 N–H and O–H groups in total. The summed E-state index contributed by atoms with van der Waals surface area (Å²) in [6, 6.07) is 3.54. The van der Waals surface area contributed by atoms with Crippen LogP contribution in [-0.4, -0.2) is 38.0 Å². The van der Waals surface area contributed by atoms with Crippen molar-refractivity contribution in [2.45, 2.75) is 19.4 Å². The van der Waals surface area contributed by atoms with Gasteiger partial charge in [-0.15, -0.1) is 11.3 Å². The largest absolute Gasteiger partial charge is 0.396 e. The lowest BCUT2D eigenvalue weighted by Gasteiger charge is -2.20. The predicted molar refractivity (Wildman–Crippen MR) is 69.1 cm³/mol. The molecular weight excluding hydrogens is 260 g/mol. The van der Waals surface area contributed by atoms with Crippen LogP contribution in [-0.2, 0) is 10.2 Å². The molecule has 0 aliphatic heterocycles. The second-order valence-corrected chi connectivity index (χ2v) is 6.55. The molecule has 1 aromatic rings. The van der Waals surface area contributed by atoms with Crippen molar-refractivity contribution < 1.29 is 13.5 Å². The zero-order chi connectivity index (χ0) is 12.9. The fraction of sp³-hybridized carbons (Fsp3) is 0.600. The second kappa shape index (κ2) is 6.46. The van der Waals surface area contributed by atoms with Gasteiger partial charge in [-0.05, 0) is 24.8 Å². The summed E-state index contributed by atoms with van der Waals surface area (Å²) in [4.78, 5) is 0.976. The Hall–Kier alpha value is -0.470. The number of nitrogens with one attached hydrogen (secondary N) is 1. The lowest BCUT2D eigenvalue weighted by molar-refractivity contribution is 0.275. The minimum absolute atomic E-state index is 0.0136. The number of hydrogen-bond acceptors (Lipinski definition) is 4. The normalized spacial score (nSPS) is 14.1. The van der Waals surface area contributed by atoms with E-state index in [0.717, 1.165) is 4.88 Å².